The number of nitrogens with zero attached hydrogens (tertiary/aromatic N) is 3. The summed E-state index contributed by atoms with van der Waals surface area (Å²) in [5.41, 5.74) is 6.28. The molecular formula is C17H15N5O3. The molecule has 0 saturated carbocycles. The third kappa shape index (κ3) is 3.47. The average Bonchev–Trinajstić information content (AvgIpc) is 2.86. The third-order valence-corrected chi connectivity index (χ3v) is 3.53. The molecule has 0 aliphatic rings. The van der Waals surface area contributed by atoms with Crippen molar-refractivity contribution in [1.82, 2.24) is 4.57 Å². The number of carbonyl (C=O) groups is 2. The molecule has 8 nitrogen and oxygen atoms in total. The van der Waals surface area contributed by atoms with E-state index in [4.69, 9.17) is 5.73 Å². The Kier molecular flexibility index (Phi) is 4.42. The van der Waals surface area contributed by atoms with E-state index in [-0.39, 0.29) is 24.0 Å². The van der Waals surface area contributed by atoms with Crippen molar-refractivity contribution in [3.8, 4) is 5.88 Å². The predicted molar refractivity (Wildman–Crippen MR) is 92.8 cm³/mol. The Balaban J connectivity index is 1.94. The molecule has 0 unspecified atom stereocenters. The van der Waals surface area contributed by atoms with Gasteiger partial charge in [-0.25, -0.2) is 4.79 Å². The number of primary amides is 1. The van der Waals surface area contributed by atoms with Crippen LogP contribution >= 0.6 is 0 Å². The highest BCUT2D eigenvalue weighted by atomic mass is 16.3. The molecule has 0 saturated heterocycles. The minimum Gasteiger partial charge on any atom is -0.493 e. The van der Waals surface area contributed by atoms with Gasteiger partial charge in [-0.15, -0.1) is 5.11 Å². The highest BCUT2D eigenvalue weighted by Crippen LogP contribution is 2.38. The van der Waals surface area contributed by atoms with Crippen LogP contribution in [-0.2, 0) is 11.3 Å². The molecule has 3 amide bonds. The molecule has 126 valence electrons. The zero-order chi connectivity index (χ0) is 17.8. The number of aromatic nitrogens is 1. The van der Waals surface area contributed by atoms with Crippen molar-refractivity contribution < 1.29 is 14.7 Å². The standard InChI is InChI=1S/C17H15N5O3/c18-17(25)21-20-15-12-8-4-5-9-13(12)22(16(15)24)10-14(23)19-11-6-2-1-3-7-11/h1-9,24H,10H2,(H2,18,25)(H,19,23). The van der Waals surface area contributed by atoms with Crippen LogP contribution in [0.25, 0.3) is 10.9 Å². The highest BCUT2D eigenvalue weighted by molar-refractivity contribution is 5.97. The molecule has 25 heavy (non-hydrogen) atoms. The maximum Gasteiger partial charge on any atom is 0.356 e. The van der Waals surface area contributed by atoms with Gasteiger partial charge in [-0.1, -0.05) is 41.5 Å². The molecule has 1 heterocycles. The van der Waals surface area contributed by atoms with Crippen molar-refractivity contribution in [1.29, 1.82) is 0 Å². The van der Waals surface area contributed by atoms with Crippen LogP contribution in [-0.4, -0.2) is 21.6 Å². The monoisotopic (exact) mass is 337 g/mol. The second-order valence-electron chi connectivity index (χ2n) is 5.23. The molecule has 0 bridgehead atoms. The van der Waals surface area contributed by atoms with Gasteiger partial charge in [0.05, 0.1) is 5.52 Å². The zero-order valence-corrected chi connectivity index (χ0v) is 13.1. The smallest absolute Gasteiger partial charge is 0.356 e. The van der Waals surface area contributed by atoms with E-state index in [0.717, 1.165) is 0 Å². The number of anilines is 1. The zero-order valence-electron chi connectivity index (χ0n) is 13.1. The third-order valence-electron chi connectivity index (χ3n) is 3.53. The summed E-state index contributed by atoms with van der Waals surface area (Å²) in [6, 6.07) is 15.0. The Labute approximate surface area is 142 Å². The number of nitrogens with one attached hydrogen (secondary N) is 1. The van der Waals surface area contributed by atoms with Gasteiger partial charge < -0.3 is 20.7 Å². The lowest BCUT2D eigenvalue weighted by Gasteiger charge is -2.08. The maximum absolute atomic E-state index is 12.3. The van der Waals surface area contributed by atoms with Crippen molar-refractivity contribution in [2.45, 2.75) is 6.54 Å². The fourth-order valence-corrected chi connectivity index (χ4v) is 2.50. The topological polar surface area (TPSA) is 122 Å². The van der Waals surface area contributed by atoms with Gasteiger partial charge in [-0.3, -0.25) is 4.79 Å². The van der Waals surface area contributed by atoms with Gasteiger partial charge in [-0.05, 0) is 18.2 Å². The Morgan fingerprint density at radius 1 is 1.08 bits per heavy atom. The van der Waals surface area contributed by atoms with Crippen LogP contribution in [0, 0.1) is 0 Å². The van der Waals surface area contributed by atoms with Crippen molar-refractivity contribution in [3.63, 3.8) is 0 Å². The number of benzene rings is 2. The van der Waals surface area contributed by atoms with Crippen molar-refractivity contribution in [2.75, 3.05) is 5.32 Å². The summed E-state index contributed by atoms with van der Waals surface area (Å²) in [6.07, 6.45) is 0. The number of azo groups is 1. The van der Waals surface area contributed by atoms with E-state index in [9.17, 15) is 14.7 Å². The molecule has 8 heteroatoms. The number of fused-ring (bicyclic) bond motifs is 1. The summed E-state index contributed by atoms with van der Waals surface area (Å²) in [7, 11) is 0. The lowest BCUT2D eigenvalue weighted by Crippen LogP contribution is -2.18. The Morgan fingerprint density at radius 3 is 2.48 bits per heavy atom. The average molecular weight is 337 g/mol. The fraction of sp³-hybridized carbons (Fsp3) is 0.0588. The van der Waals surface area contributed by atoms with Crippen LogP contribution in [0.15, 0.2) is 64.8 Å². The van der Waals surface area contributed by atoms with Crippen molar-refractivity contribution in [2.24, 2.45) is 16.0 Å². The SMILES string of the molecule is NC(=O)N=Nc1c(O)n(CC(=O)Nc2ccccc2)c2ccccc12. The number of nitrogens with two attached hydrogens (primary N) is 1. The molecule has 3 aromatic rings. The number of aromatic hydroxyl groups is 1. The number of urea groups is 1. The normalized spacial score (nSPS) is 11.0. The number of para-hydroxylation sites is 2. The second-order valence-corrected chi connectivity index (χ2v) is 5.23. The Bertz CT molecular complexity index is 963. The van der Waals surface area contributed by atoms with Crippen LogP contribution < -0.4 is 11.1 Å². The summed E-state index contributed by atoms with van der Waals surface area (Å²) < 4.78 is 1.39. The second kappa shape index (κ2) is 6.83. The molecule has 3 rings (SSSR count). The molecule has 4 N–H and O–H groups in total. The first-order valence-electron chi connectivity index (χ1n) is 7.42. The molecule has 0 spiro atoms. The Morgan fingerprint density at radius 2 is 1.76 bits per heavy atom. The first-order chi connectivity index (χ1) is 12.1. The summed E-state index contributed by atoms with van der Waals surface area (Å²) in [5, 5.41) is 20.7. The number of amides is 3. The maximum atomic E-state index is 12.3. The van der Waals surface area contributed by atoms with Crippen LogP contribution in [0.3, 0.4) is 0 Å². The molecule has 0 fully saturated rings. The number of hydrogen-bond acceptors (Lipinski definition) is 4. The predicted octanol–water partition coefficient (Wildman–Crippen LogP) is 3.15. The van der Waals surface area contributed by atoms with Crippen molar-refractivity contribution in [3.05, 3.63) is 54.6 Å². The van der Waals surface area contributed by atoms with Crippen LogP contribution in [0.4, 0.5) is 16.2 Å². The van der Waals surface area contributed by atoms with E-state index in [1.54, 1.807) is 48.5 Å². The largest absolute Gasteiger partial charge is 0.493 e. The van der Waals surface area contributed by atoms with Gasteiger partial charge in [-0.2, -0.15) is 0 Å². The van der Waals surface area contributed by atoms with Crippen LogP contribution in [0.1, 0.15) is 0 Å². The van der Waals surface area contributed by atoms with Crippen LogP contribution in [0.2, 0.25) is 0 Å². The summed E-state index contributed by atoms with van der Waals surface area (Å²) in [6.45, 7) is -0.132. The lowest BCUT2D eigenvalue weighted by atomic mass is 10.2. The summed E-state index contributed by atoms with van der Waals surface area (Å²) >= 11 is 0. The van der Waals surface area contributed by atoms with E-state index in [0.29, 0.717) is 16.6 Å². The van der Waals surface area contributed by atoms with E-state index in [2.05, 4.69) is 15.5 Å². The minimum atomic E-state index is -0.974. The number of carbonyl (C=O) groups excluding carboxylic acids is 2. The van der Waals surface area contributed by atoms with Gasteiger partial charge in [0.1, 0.15) is 6.54 Å². The molecular weight excluding hydrogens is 322 g/mol. The molecule has 0 aliphatic carbocycles. The van der Waals surface area contributed by atoms with Gasteiger partial charge in [0.2, 0.25) is 11.8 Å². The molecule has 0 radical (unpaired) electrons. The molecule has 0 aliphatic heterocycles. The van der Waals surface area contributed by atoms with E-state index < -0.39 is 6.03 Å². The van der Waals surface area contributed by atoms with Gasteiger partial charge in [0.15, 0.2) is 5.69 Å². The molecule has 0 atom stereocenters. The van der Waals surface area contributed by atoms with Crippen molar-refractivity contribution >= 4 is 34.2 Å². The quantitative estimate of drug-likeness (QED) is 0.634. The van der Waals surface area contributed by atoms with Gasteiger partial charge in [0, 0.05) is 11.1 Å². The summed E-state index contributed by atoms with van der Waals surface area (Å²) in [4.78, 5) is 23.1. The van der Waals surface area contributed by atoms with E-state index >= 15 is 0 Å². The fourth-order valence-electron chi connectivity index (χ4n) is 2.50. The van der Waals surface area contributed by atoms with E-state index in [1.807, 2.05) is 6.07 Å². The van der Waals surface area contributed by atoms with Crippen LogP contribution in [0.5, 0.6) is 5.88 Å². The first kappa shape index (κ1) is 16.2. The minimum absolute atomic E-state index is 0.0851. The number of hydrogen-bond donors (Lipinski definition) is 3. The highest BCUT2D eigenvalue weighted by Gasteiger charge is 2.18. The Hall–Kier alpha value is -3.68. The summed E-state index contributed by atoms with van der Waals surface area (Å²) in [5.74, 6) is -0.588. The van der Waals surface area contributed by atoms with Gasteiger partial charge >= 0.3 is 6.03 Å². The molecule has 2 aromatic carbocycles. The first-order valence-corrected chi connectivity index (χ1v) is 7.42. The van der Waals surface area contributed by atoms with E-state index in [1.165, 1.54) is 4.57 Å². The van der Waals surface area contributed by atoms with Gasteiger partial charge in [0.25, 0.3) is 0 Å². The number of rotatable bonds is 4. The molecule has 1 aromatic heterocycles. The lowest BCUT2D eigenvalue weighted by molar-refractivity contribution is -0.116.